The molecule has 0 fully saturated rings. The van der Waals surface area contributed by atoms with E-state index < -0.39 is 40.9 Å². The largest absolute Gasteiger partial charge is 0.493 e. The Bertz CT molecular complexity index is 560. The number of rotatable bonds is 7. The van der Waals surface area contributed by atoms with Crippen LogP contribution in [0.25, 0.3) is 0 Å². The Morgan fingerprint density at radius 2 is 2.05 bits per heavy atom. The molecule has 0 bridgehead atoms. The Morgan fingerprint density at radius 3 is 2.57 bits per heavy atom. The van der Waals surface area contributed by atoms with Crippen LogP contribution in [0, 0.1) is 11.6 Å². The van der Waals surface area contributed by atoms with Crippen molar-refractivity contribution < 1.29 is 28.2 Å². The molecule has 7 heteroatoms. The second-order valence-electron chi connectivity index (χ2n) is 4.17. The Labute approximate surface area is 120 Å². The monoisotopic (exact) mass is 299 g/mol. The zero-order chi connectivity index (χ0) is 16.0. The summed E-state index contributed by atoms with van der Waals surface area (Å²) in [5.74, 6) is -4.82. The van der Waals surface area contributed by atoms with Gasteiger partial charge in [0.1, 0.15) is 17.4 Å². The lowest BCUT2D eigenvalue weighted by molar-refractivity contribution is -0.139. The van der Waals surface area contributed by atoms with Gasteiger partial charge >= 0.3 is 5.97 Å². The summed E-state index contributed by atoms with van der Waals surface area (Å²) in [5.41, 5.74) is -0.664. The van der Waals surface area contributed by atoms with Crippen LogP contribution in [0.2, 0.25) is 0 Å². The molecule has 1 unspecified atom stereocenters. The summed E-state index contributed by atoms with van der Waals surface area (Å²) in [6.07, 6.45) is 1.93. The van der Waals surface area contributed by atoms with Crippen LogP contribution in [0.15, 0.2) is 24.8 Å². The van der Waals surface area contributed by atoms with E-state index in [-0.39, 0.29) is 6.42 Å². The number of benzene rings is 1. The molecule has 0 aliphatic carbocycles. The molecule has 114 valence electrons. The molecule has 0 saturated heterocycles. The molecule has 1 amide bonds. The number of carbonyl (C=O) groups excluding carboxylic acids is 1. The van der Waals surface area contributed by atoms with Crippen molar-refractivity contribution in [1.29, 1.82) is 0 Å². The normalized spacial score (nSPS) is 11.6. The van der Waals surface area contributed by atoms with E-state index in [1.54, 1.807) is 0 Å². The minimum absolute atomic E-state index is 0.0871. The van der Waals surface area contributed by atoms with Crippen molar-refractivity contribution in [2.24, 2.45) is 0 Å². The van der Waals surface area contributed by atoms with Gasteiger partial charge in [0, 0.05) is 0 Å². The molecule has 0 heterocycles. The summed E-state index contributed by atoms with van der Waals surface area (Å²) in [6, 6.07) is 0.353. The van der Waals surface area contributed by atoms with E-state index in [9.17, 15) is 18.4 Å². The van der Waals surface area contributed by atoms with Gasteiger partial charge in [-0.15, -0.1) is 6.58 Å². The van der Waals surface area contributed by atoms with Crippen molar-refractivity contribution in [2.75, 3.05) is 7.11 Å². The molecule has 0 spiro atoms. The fourth-order valence-corrected chi connectivity index (χ4v) is 1.72. The van der Waals surface area contributed by atoms with E-state index in [2.05, 4.69) is 16.6 Å². The average molecular weight is 299 g/mol. The maximum atomic E-state index is 13.7. The number of carboxylic acid groups (broad SMARTS) is 1. The minimum atomic E-state index is -1.28. The van der Waals surface area contributed by atoms with E-state index in [1.165, 1.54) is 6.08 Å². The summed E-state index contributed by atoms with van der Waals surface area (Å²) in [4.78, 5) is 23.0. The lowest BCUT2D eigenvalue weighted by atomic mass is 10.1. The maximum Gasteiger partial charge on any atom is 0.326 e. The van der Waals surface area contributed by atoms with Gasteiger partial charge in [0.05, 0.1) is 7.11 Å². The van der Waals surface area contributed by atoms with E-state index >= 15 is 0 Å². The van der Waals surface area contributed by atoms with Crippen molar-refractivity contribution >= 4 is 11.9 Å². The van der Waals surface area contributed by atoms with Crippen molar-refractivity contribution in [2.45, 2.75) is 18.9 Å². The summed E-state index contributed by atoms with van der Waals surface area (Å²) in [7, 11) is 1.08. The molecule has 0 aliphatic heterocycles. The highest BCUT2D eigenvalue weighted by Gasteiger charge is 2.26. The van der Waals surface area contributed by atoms with Crippen LogP contribution in [0.1, 0.15) is 23.2 Å². The predicted molar refractivity (Wildman–Crippen MR) is 71.2 cm³/mol. The van der Waals surface area contributed by atoms with E-state index in [0.717, 1.165) is 19.2 Å². The van der Waals surface area contributed by atoms with Crippen LogP contribution in [0.4, 0.5) is 8.78 Å². The van der Waals surface area contributed by atoms with Crippen LogP contribution in [-0.2, 0) is 4.79 Å². The maximum absolute atomic E-state index is 13.7. The van der Waals surface area contributed by atoms with Gasteiger partial charge in [-0.05, 0) is 25.0 Å². The quantitative estimate of drug-likeness (QED) is 0.756. The number of hydrogen-bond donors (Lipinski definition) is 2. The van der Waals surface area contributed by atoms with Crippen LogP contribution in [0.5, 0.6) is 5.75 Å². The summed E-state index contributed by atoms with van der Waals surface area (Å²) in [5, 5.41) is 11.1. The number of carboxylic acids is 1. The van der Waals surface area contributed by atoms with E-state index in [4.69, 9.17) is 5.11 Å². The number of amides is 1. The third-order valence-electron chi connectivity index (χ3n) is 2.75. The standard InChI is InChI=1S/C14H15F2NO4/c1-3-4-5-10(14(19)20)17-13(18)11-8(15)6-7-9(16)12(11)21-2/h3,6-7,10H,1,4-5H2,2H3,(H,17,18)(H,19,20). The molecule has 5 nitrogen and oxygen atoms in total. The van der Waals surface area contributed by atoms with Gasteiger partial charge in [-0.25, -0.2) is 13.6 Å². The first-order chi connectivity index (χ1) is 9.92. The number of aliphatic carboxylic acids is 1. The highest BCUT2D eigenvalue weighted by atomic mass is 19.1. The Morgan fingerprint density at radius 1 is 1.43 bits per heavy atom. The van der Waals surface area contributed by atoms with Crippen molar-refractivity contribution in [1.82, 2.24) is 5.32 Å². The molecule has 1 aromatic rings. The van der Waals surface area contributed by atoms with Gasteiger partial charge < -0.3 is 15.2 Å². The highest BCUT2D eigenvalue weighted by Crippen LogP contribution is 2.25. The van der Waals surface area contributed by atoms with Gasteiger partial charge in [0.25, 0.3) is 5.91 Å². The Balaban J connectivity index is 3.05. The second kappa shape index (κ2) is 7.37. The zero-order valence-electron chi connectivity index (χ0n) is 11.4. The molecule has 0 saturated carbocycles. The topological polar surface area (TPSA) is 75.6 Å². The molecule has 2 N–H and O–H groups in total. The zero-order valence-corrected chi connectivity index (χ0v) is 11.4. The van der Waals surface area contributed by atoms with Gasteiger partial charge in [-0.2, -0.15) is 0 Å². The first-order valence-electron chi connectivity index (χ1n) is 6.08. The first kappa shape index (κ1) is 16.6. The van der Waals surface area contributed by atoms with E-state index in [0.29, 0.717) is 6.42 Å². The average Bonchev–Trinajstić information content (AvgIpc) is 2.44. The Kier molecular flexibility index (Phi) is 5.83. The fourth-order valence-electron chi connectivity index (χ4n) is 1.72. The molecule has 1 aromatic carbocycles. The number of ether oxygens (including phenoxy) is 1. The van der Waals surface area contributed by atoms with Gasteiger partial charge in [-0.3, -0.25) is 4.79 Å². The lowest BCUT2D eigenvalue weighted by Crippen LogP contribution is -2.41. The first-order valence-corrected chi connectivity index (χ1v) is 6.08. The number of methoxy groups -OCH3 is 1. The summed E-state index contributed by atoms with van der Waals surface area (Å²) >= 11 is 0. The van der Waals surface area contributed by atoms with Gasteiger partial charge in [0.15, 0.2) is 11.6 Å². The number of nitrogens with one attached hydrogen (secondary N) is 1. The molecule has 21 heavy (non-hydrogen) atoms. The minimum Gasteiger partial charge on any atom is -0.493 e. The number of hydrogen-bond acceptors (Lipinski definition) is 3. The van der Waals surface area contributed by atoms with Crippen LogP contribution >= 0.6 is 0 Å². The highest BCUT2D eigenvalue weighted by molar-refractivity contribution is 5.99. The summed E-state index contributed by atoms with van der Waals surface area (Å²) < 4.78 is 31.9. The van der Waals surface area contributed by atoms with Crippen LogP contribution < -0.4 is 10.1 Å². The molecule has 0 aliphatic rings. The lowest BCUT2D eigenvalue weighted by Gasteiger charge is -2.15. The summed E-state index contributed by atoms with van der Waals surface area (Å²) in [6.45, 7) is 3.45. The van der Waals surface area contributed by atoms with Crippen LogP contribution in [0.3, 0.4) is 0 Å². The van der Waals surface area contributed by atoms with E-state index in [1.807, 2.05) is 0 Å². The molecule has 1 atom stereocenters. The molecular formula is C14H15F2NO4. The van der Waals surface area contributed by atoms with Gasteiger partial charge in [-0.1, -0.05) is 6.08 Å². The number of halogens is 2. The molecule has 1 rings (SSSR count). The molecule has 0 radical (unpaired) electrons. The Hall–Kier alpha value is -2.44. The van der Waals surface area contributed by atoms with Gasteiger partial charge in [0.2, 0.25) is 0 Å². The predicted octanol–water partition coefficient (Wildman–Crippen LogP) is 2.12. The SMILES string of the molecule is C=CCCC(NC(=O)c1c(F)ccc(F)c1OC)C(=O)O. The van der Waals surface area contributed by atoms with Crippen LogP contribution in [-0.4, -0.2) is 30.1 Å². The molecule has 0 aromatic heterocycles. The number of carbonyl (C=O) groups is 2. The fraction of sp³-hybridized carbons (Fsp3) is 0.286. The molecular weight excluding hydrogens is 284 g/mol. The number of allylic oxidation sites excluding steroid dienone is 1. The van der Waals surface area contributed by atoms with Crippen molar-refractivity contribution in [3.63, 3.8) is 0 Å². The van der Waals surface area contributed by atoms with Crippen molar-refractivity contribution in [3.8, 4) is 5.75 Å². The third-order valence-corrected chi connectivity index (χ3v) is 2.75. The second-order valence-corrected chi connectivity index (χ2v) is 4.17. The smallest absolute Gasteiger partial charge is 0.326 e. The van der Waals surface area contributed by atoms with Crippen molar-refractivity contribution in [3.05, 3.63) is 42.0 Å². The third kappa shape index (κ3) is 4.01.